The highest BCUT2D eigenvalue weighted by molar-refractivity contribution is 5.83. The number of hydrogen-bond acceptors (Lipinski definition) is 1. The highest BCUT2D eigenvalue weighted by atomic mass is 16.3. The number of aliphatic hydroxyl groups excluding tert-OH is 1. The van der Waals surface area contributed by atoms with E-state index < -0.39 is 0 Å². The first-order valence-corrected chi connectivity index (χ1v) is 5.04. The normalized spacial score (nSPS) is 11.0. The van der Waals surface area contributed by atoms with Gasteiger partial charge in [-0.15, -0.1) is 0 Å². The van der Waals surface area contributed by atoms with E-state index in [0.29, 0.717) is 0 Å². The van der Waals surface area contributed by atoms with Gasteiger partial charge in [0.15, 0.2) is 0 Å². The molecule has 1 aromatic heterocycles. The monoisotopic (exact) mass is 189 g/mol. The van der Waals surface area contributed by atoms with Crippen LogP contribution in [0.5, 0.6) is 0 Å². The maximum atomic E-state index is 9.17. The molecule has 0 aliphatic carbocycles. The fourth-order valence-electron chi connectivity index (χ4n) is 1.86. The SMILES string of the molecule is CCCn1ccc2c(CO)cccc21. The first-order chi connectivity index (χ1) is 6.86. The smallest absolute Gasteiger partial charge is 0.0688 e. The fraction of sp³-hybridized carbons (Fsp3) is 0.333. The molecule has 2 heteroatoms. The zero-order chi connectivity index (χ0) is 9.97. The minimum atomic E-state index is 0.119. The van der Waals surface area contributed by atoms with Crippen LogP contribution in [0.4, 0.5) is 0 Å². The summed E-state index contributed by atoms with van der Waals surface area (Å²) in [5.74, 6) is 0. The van der Waals surface area contributed by atoms with Gasteiger partial charge in [-0.05, 0) is 24.1 Å². The Hall–Kier alpha value is -1.28. The molecule has 0 radical (unpaired) electrons. The Kier molecular flexibility index (Phi) is 2.55. The summed E-state index contributed by atoms with van der Waals surface area (Å²) >= 11 is 0. The average molecular weight is 189 g/mol. The zero-order valence-corrected chi connectivity index (χ0v) is 8.40. The number of fused-ring (bicyclic) bond motifs is 1. The molecule has 1 heterocycles. The predicted molar refractivity (Wildman–Crippen MR) is 58.2 cm³/mol. The summed E-state index contributed by atoms with van der Waals surface area (Å²) in [5, 5.41) is 10.3. The number of aliphatic hydroxyl groups is 1. The van der Waals surface area contributed by atoms with E-state index in [4.69, 9.17) is 5.11 Å². The number of benzene rings is 1. The summed E-state index contributed by atoms with van der Waals surface area (Å²) in [4.78, 5) is 0. The Morgan fingerprint density at radius 1 is 1.29 bits per heavy atom. The lowest BCUT2D eigenvalue weighted by Crippen LogP contribution is -1.94. The van der Waals surface area contributed by atoms with Crippen molar-refractivity contribution in [1.29, 1.82) is 0 Å². The van der Waals surface area contributed by atoms with E-state index in [1.165, 1.54) is 10.9 Å². The quantitative estimate of drug-likeness (QED) is 0.788. The van der Waals surface area contributed by atoms with Crippen molar-refractivity contribution in [2.24, 2.45) is 0 Å². The van der Waals surface area contributed by atoms with Crippen LogP contribution in [-0.4, -0.2) is 9.67 Å². The lowest BCUT2D eigenvalue weighted by atomic mass is 10.1. The number of aromatic nitrogens is 1. The highest BCUT2D eigenvalue weighted by Gasteiger charge is 2.03. The summed E-state index contributed by atoms with van der Waals surface area (Å²) in [7, 11) is 0. The maximum absolute atomic E-state index is 9.17. The van der Waals surface area contributed by atoms with Gasteiger partial charge in [0.2, 0.25) is 0 Å². The summed E-state index contributed by atoms with van der Waals surface area (Å²) in [6, 6.07) is 8.15. The van der Waals surface area contributed by atoms with Gasteiger partial charge in [0.1, 0.15) is 0 Å². The lowest BCUT2D eigenvalue weighted by molar-refractivity contribution is 0.283. The number of hydrogen-bond donors (Lipinski definition) is 1. The number of aryl methyl sites for hydroxylation is 1. The minimum absolute atomic E-state index is 0.119. The largest absolute Gasteiger partial charge is 0.392 e. The van der Waals surface area contributed by atoms with Crippen LogP contribution in [-0.2, 0) is 13.2 Å². The van der Waals surface area contributed by atoms with E-state index in [1.54, 1.807) is 0 Å². The Morgan fingerprint density at radius 3 is 2.86 bits per heavy atom. The molecule has 2 aromatic rings. The van der Waals surface area contributed by atoms with Gasteiger partial charge in [-0.2, -0.15) is 0 Å². The van der Waals surface area contributed by atoms with Gasteiger partial charge < -0.3 is 9.67 Å². The van der Waals surface area contributed by atoms with Gasteiger partial charge in [-0.1, -0.05) is 19.1 Å². The molecule has 1 aromatic carbocycles. The van der Waals surface area contributed by atoms with Crippen molar-refractivity contribution >= 4 is 10.9 Å². The lowest BCUT2D eigenvalue weighted by Gasteiger charge is -2.03. The molecule has 0 spiro atoms. The maximum Gasteiger partial charge on any atom is 0.0688 e. The van der Waals surface area contributed by atoms with Gasteiger partial charge in [-0.25, -0.2) is 0 Å². The van der Waals surface area contributed by atoms with Gasteiger partial charge in [-0.3, -0.25) is 0 Å². The molecular weight excluding hydrogens is 174 g/mol. The second-order valence-electron chi connectivity index (χ2n) is 3.52. The molecule has 2 rings (SSSR count). The van der Waals surface area contributed by atoms with Crippen LogP contribution in [0.25, 0.3) is 10.9 Å². The van der Waals surface area contributed by atoms with E-state index in [2.05, 4.69) is 29.8 Å². The fourth-order valence-corrected chi connectivity index (χ4v) is 1.86. The second kappa shape index (κ2) is 3.84. The number of nitrogens with zero attached hydrogens (tertiary/aromatic N) is 1. The van der Waals surface area contributed by atoms with Crippen molar-refractivity contribution in [1.82, 2.24) is 4.57 Å². The molecule has 14 heavy (non-hydrogen) atoms. The summed E-state index contributed by atoms with van der Waals surface area (Å²) in [6.45, 7) is 3.33. The topological polar surface area (TPSA) is 25.2 Å². The van der Waals surface area contributed by atoms with E-state index in [0.717, 1.165) is 18.5 Å². The molecule has 1 N–H and O–H groups in total. The van der Waals surface area contributed by atoms with E-state index in [-0.39, 0.29) is 6.61 Å². The zero-order valence-electron chi connectivity index (χ0n) is 8.40. The Balaban J connectivity index is 2.57. The molecular formula is C12H15NO. The average Bonchev–Trinajstić information content (AvgIpc) is 2.62. The van der Waals surface area contributed by atoms with Crippen LogP contribution in [0.1, 0.15) is 18.9 Å². The first-order valence-electron chi connectivity index (χ1n) is 5.04. The molecule has 74 valence electrons. The van der Waals surface area contributed by atoms with Crippen LogP contribution < -0.4 is 0 Å². The summed E-state index contributed by atoms with van der Waals surface area (Å²) in [5.41, 5.74) is 2.23. The van der Waals surface area contributed by atoms with Crippen molar-refractivity contribution < 1.29 is 5.11 Å². The molecule has 0 bridgehead atoms. The summed E-state index contributed by atoms with van der Waals surface area (Å²) in [6.07, 6.45) is 3.22. The Bertz CT molecular complexity index is 431. The molecule has 0 aliphatic rings. The van der Waals surface area contributed by atoms with Crippen molar-refractivity contribution in [3.63, 3.8) is 0 Å². The molecule has 0 saturated carbocycles. The van der Waals surface area contributed by atoms with Crippen LogP contribution >= 0.6 is 0 Å². The predicted octanol–water partition coefficient (Wildman–Crippen LogP) is 2.54. The van der Waals surface area contributed by atoms with E-state index in [1.807, 2.05) is 12.1 Å². The Morgan fingerprint density at radius 2 is 2.14 bits per heavy atom. The van der Waals surface area contributed by atoms with Crippen LogP contribution in [0, 0.1) is 0 Å². The third-order valence-corrected chi connectivity index (χ3v) is 2.54. The Labute approximate surface area is 83.8 Å². The van der Waals surface area contributed by atoms with E-state index in [9.17, 15) is 0 Å². The third-order valence-electron chi connectivity index (χ3n) is 2.54. The molecule has 0 unspecified atom stereocenters. The van der Waals surface area contributed by atoms with E-state index >= 15 is 0 Å². The van der Waals surface area contributed by atoms with Gasteiger partial charge >= 0.3 is 0 Å². The van der Waals surface area contributed by atoms with Crippen molar-refractivity contribution in [3.8, 4) is 0 Å². The molecule has 2 nitrogen and oxygen atoms in total. The van der Waals surface area contributed by atoms with Gasteiger partial charge in [0, 0.05) is 23.6 Å². The molecule has 0 amide bonds. The minimum Gasteiger partial charge on any atom is -0.392 e. The van der Waals surface area contributed by atoms with Crippen LogP contribution in [0.3, 0.4) is 0 Å². The highest BCUT2D eigenvalue weighted by Crippen LogP contribution is 2.20. The second-order valence-corrected chi connectivity index (χ2v) is 3.52. The van der Waals surface area contributed by atoms with Crippen LogP contribution in [0.2, 0.25) is 0 Å². The molecule has 0 fully saturated rings. The third kappa shape index (κ3) is 1.42. The van der Waals surface area contributed by atoms with Crippen molar-refractivity contribution in [2.75, 3.05) is 0 Å². The molecule has 0 saturated heterocycles. The summed E-state index contributed by atoms with van der Waals surface area (Å²) < 4.78 is 2.23. The van der Waals surface area contributed by atoms with Gasteiger partial charge in [0.05, 0.1) is 6.61 Å². The van der Waals surface area contributed by atoms with Crippen molar-refractivity contribution in [3.05, 3.63) is 36.0 Å². The van der Waals surface area contributed by atoms with Crippen molar-refractivity contribution in [2.45, 2.75) is 26.5 Å². The molecule has 0 atom stereocenters. The molecule has 0 aliphatic heterocycles. The van der Waals surface area contributed by atoms with Crippen LogP contribution in [0.15, 0.2) is 30.5 Å². The number of rotatable bonds is 3. The first kappa shape index (κ1) is 9.28. The van der Waals surface area contributed by atoms with Gasteiger partial charge in [0.25, 0.3) is 0 Å². The standard InChI is InChI=1S/C12H15NO/c1-2-7-13-8-6-11-10(9-14)4-3-5-12(11)13/h3-6,8,14H,2,7,9H2,1H3.